The Morgan fingerprint density at radius 2 is 0.957 bits per heavy atom. The first kappa shape index (κ1) is 30.1. The largest absolute Gasteiger partial charge is 2.00 e. The normalized spacial score (nSPS) is 11.7. The van der Waals surface area contributed by atoms with Crippen LogP contribution in [0.3, 0.4) is 0 Å². The van der Waals surface area contributed by atoms with Crippen LogP contribution in [0.2, 0.25) is 0 Å². The van der Waals surface area contributed by atoms with Gasteiger partial charge in [-0.2, -0.15) is 0 Å². The van der Waals surface area contributed by atoms with Crippen molar-refractivity contribution in [1.29, 1.82) is 0 Å². The summed E-state index contributed by atoms with van der Waals surface area (Å²) in [5.41, 5.74) is 15.9. The van der Waals surface area contributed by atoms with E-state index in [1.165, 1.54) is 11.1 Å². The van der Waals surface area contributed by atoms with Gasteiger partial charge in [-0.1, -0.05) is 108 Å². The molecule has 0 atom stereocenters. The first-order chi connectivity index (χ1) is 22.5. The Morgan fingerprint density at radius 3 is 1.49 bits per heavy atom. The van der Waals surface area contributed by atoms with Crippen LogP contribution in [0.5, 0.6) is 0 Å². The standard InChI is InChI=1S/C42H28N4.Zn/c1-4-28-9-15-31(16-10-28)42-38-23-21-36(45-38)40(29-11-5-26(2)6-12-29)34-19-17-32(43-34)25-33-18-20-35(44-33)41(37-22-24-39(42)46-37)30-13-7-27(3)8-14-30;/h1,5-25H,2-3H3;/q-2;+2. The molecule has 6 aromatic rings. The first-order valence-electron chi connectivity index (χ1n) is 15.3. The minimum Gasteiger partial charge on any atom is -0.657 e. The molecule has 0 saturated heterocycles. The topological polar surface area (TPSA) is 54.0 Å². The number of hydrogen-bond donors (Lipinski definition) is 0. The van der Waals surface area contributed by atoms with Crippen molar-refractivity contribution in [3.8, 4) is 45.7 Å². The molecule has 0 amide bonds. The monoisotopic (exact) mass is 652 g/mol. The maximum absolute atomic E-state index is 5.71. The van der Waals surface area contributed by atoms with Gasteiger partial charge in [0.1, 0.15) is 0 Å². The minimum atomic E-state index is 0. The molecule has 3 aromatic heterocycles. The molecule has 8 bridgehead atoms. The molecule has 218 valence electrons. The molecule has 0 fully saturated rings. The molecular weight excluding hydrogens is 626 g/mol. The van der Waals surface area contributed by atoms with Crippen molar-refractivity contribution < 1.29 is 19.5 Å². The molecule has 0 N–H and O–H groups in total. The van der Waals surface area contributed by atoms with E-state index in [1.807, 2.05) is 42.5 Å². The molecule has 0 spiro atoms. The number of nitrogens with zero attached hydrogens (tertiary/aromatic N) is 4. The zero-order chi connectivity index (χ0) is 31.2. The van der Waals surface area contributed by atoms with E-state index in [0.29, 0.717) is 0 Å². The molecule has 4 nitrogen and oxygen atoms in total. The van der Waals surface area contributed by atoms with Crippen molar-refractivity contribution in [1.82, 2.24) is 19.9 Å². The molecule has 2 aliphatic heterocycles. The van der Waals surface area contributed by atoms with Crippen LogP contribution < -0.4 is 9.97 Å². The van der Waals surface area contributed by atoms with Crippen LogP contribution in [-0.4, -0.2) is 9.97 Å². The van der Waals surface area contributed by atoms with Gasteiger partial charge >= 0.3 is 19.5 Å². The van der Waals surface area contributed by atoms with E-state index in [4.69, 9.17) is 26.4 Å². The Labute approximate surface area is 286 Å². The summed E-state index contributed by atoms with van der Waals surface area (Å²) in [5, 5.41) is 0. The van der Waals surface area contributed by atoms with Crippen LogP contribution in [0.15, 0.2) is 103 Å². The predicted octanol–water partition coefficient (Wildman–Crippen LogP) is 9.51. The number of terminal acetylenes is 1. The van der Waals surface area contributed by atoms with Gasteiger partial charge in [0.15, 0.2) is 0 Å². The first-order valence-corrected chi connectivity index (χ1v) is 15.3. The zero-order valence-corrected chi connectivity index (χ0v) is 29.2. The number of aromatic nitrogens is 4. The molecule has 5 heterocycles. The SMILES string of the molecule is C#Cc1ccc(-c2c3nc(c(-c4ccc(C)cc4)c4ccc(cc5nc(c(-c6ccc(C)cc6)c6ccc2[n-]6)C=C5)[n-]4)C=C3)cc1.[Zn+2]. The molecule has 5 heteroatoms. The van der Waals surface area contributed by atoms with Gasteiger partial charge in [0.2, 0.25) is 0 Å². The van der Waals surface area contributed by atoms with Crippen LogP contribution in [-0.2, 0) is 19.5 Å². The predicted molar refractivity (Wildman–Crippen MR) is 191 cm³/mol. The van der Waals surface area contributed by atoms with Gasteiger partial charge in [-0.15, -0.1) is 28.5 Å². The summed E-state index contributed by atoms with van der Waals surface area (Å²) in [6.45, 7) is 4.19. The average molecular weight is 654 g/mol. The summed E-state index contributed by atoms with van der Waals surface area (Å²) in [4.78, 5) is 20.7. The molecule has 0 saturated carbocycles. The number of rotatable bonds is 3. The Kier molecular flexibility index (Phi) is 7.90. The molecule has 47 heavy (non-hydrogen) atoms. The quantitative estimate of drug-likeness (QED) is 0.141. The second-order valence-corrected chi connectivity index (χ2v) is 11.7. The Morgan fingerprint density at radius 1 is 0.511 bits per heavy atom. The van der Waals surface area contributed by atoms with Crippen molar-refractivity contribution >= 4 is 46.4 Å². The molecule has 3 aromatic carbocycles. The van der Waals surface area contributed by atoms with E-state index in [2.05, 4.69) is 105 Å². The summed E-state index contributed by atoms with van der Waals surface area (Å²) < 4.78 is 0. The zero-order valence-electron chi connectivity index (χ0n) is 26.2. The number of fused-ring (bicyclic) bond motifs is 8. The van der Waals surface area contributed by atoms with Crippen LogP contribution in [0.25, 0.3) is 79.8 Å². The summed E-state index contributed by atoms with van der Waals surface area (Å²) in [6.07, 6.45) is 14.0. The molecule has 2 aliphatic rings. The van der Waals surface area contributed by atoms with Crippen molar-refractivity contribution in [2.24, 2.45) is 0 Å². The summed E-state index contributed by atoms with van der Waals surface area (Å²) in [5.74, 6) is 2.73. The molecule has 0 aliphatic carbocycles. The molecule has 8 rings (SSSR count). The van der Waals surface area contributed by atoms with Gasteiger partial charge in [-0.05, 0) is 83.7 Å². The summed E-state index contributed by atoms with van der Waals surface area (Å²) in [6, 6.07) is 35.3. The van der Waals surface area contributed by atoms with Crippen molar-refractivity contribution in [2.45, 2.75) is 13.8 Å². The summed E-state index contributed by atoms with van der Waals surface area (Å²) in [7, 11) is 0. The number of aryl methyl sites for hydroxylation is 2. The maximum Gasteiger partial charge on any atom is 2.00 e. The summed E-state index contributed by atoms with van der Waals surface area (Å²) >= 11 is 0. The third-order valence-corrected chi connectivity index (χ3v) is 8.46. The minimum absolute atomic E-state index is 0. The van der Waals surface area contributed by atoms with Crippen molar-refractivity contribution in [3.63, 3.8) is 0 Å². The Bertz CT molecular complexity index is 2370. The van der Waals surface area contributed by atoms with Crippen LogP contribution in [0, 0.1) is 26.2 Å². The van der Waals surface area contributed by atoms with Gasteiger partial charge in [-0.25, -0.2) is 9.97 Å². The fraction of sp³-hybridized carbons (Fsp3) is 0.0476. The van der Waals surface area contributed by atoms with Crippen LogP contribution in [0.4, 0.5) is 0 Å². The third-order valence-electron chi connectivity index (χ3n) is 8.46. The number of benzene rings is 3. The van der Waals surface area contributed by atoms with Crippen LogP contribution in [0.1, 0.15) is 39.5 Å². The van der Waals surface area contributed by atoms with E-state index >= 15 is 0 Å². The Balaban J connectivity index is 0.00000351. The molecular formula is C42H28N4Zn. The van der Waals surface area contributed by atoms with E-state index in [0.717, 1.165) is 83.8 Å². The van der Waals surface area contributed by atoms with Crippen LogP contribution >= 0.6 is 0 Å². The van der Waals surface area contributed by atoms with Crippen molar-refractivity contribution in [2.75, 3.05) is 0 Å². The van der Waals surface area contributed by atoms with E-state index < -0.39 is 0 Å². The second-order valence-electron chi connectivity index (χ2n) is 11.7. The average Bonchev–Trinajstić information content (AvgIpc) is 3.90. The fourth-order valence-electron chi connectivity index (χ4n) is 6.08. The van der Waals surface area contributed by atoms with Gasteiger partial charge in [-0.3, -0.25) is 0 Å². The van der Waals surface area contributed by atoms with Gasteiger partial charge in [0.25, 0.3) is 0 Å². The number of hydrogen-bond acceptors (Lipinski definition) is 2. The maximum atomic E-state index is 5.71. The molecule has 0 unspecified atom stereocenters. The van der Waals surface area contributed by atoms with E-state index in [9.17, 15) is 0 Å². The van der Waals surface area contributed by atoms with E-state index in [-0.39, 0.29) is 19.5 Å². The van der Waals surface area contributed by atoms with E-state index in [1.54, 1.807) is 0 Å². The van der Waals surface area contributed by atoms with Gasteiger partial charge in [0.05, 0.1) is 22.8 Å². The Hall–Kier alpha value is -5.56. The van der Waals surface area contributed by atoms with Gasteiger partial charge in [0, 0.05) is 5.56 Å². The fourth-order valence-corrected chi connectivity index (χ4v) is 6.08. The third kappa shape index (κ3) is 5.70. The van der Waals surface area contributed by atoms with Gasteiger partial charge < -0.3 is 9.97 Å². The second kappa shape index (κ2) is 12.3. The van der Waals surface area contributed by atoms with Crippen molar-refractivity contribution in [3.05, 3.63) is 143 Å². The molecule has 0 radical (unpaired) electrons. The smallest absolute Gasteiger partial charge is 0.657 e.